The van der Waals surface area contributed by atoms with Crippen molar-refractivity contribution in [1.82, 2.24) is 5.32 Å². The van der Waals surface area contributed by atoms with Crippen molar-refractivity contribution in [2.75, 3.05) is 6.54 Å². The summed E-state index contributed by atoms with van der Waals surface area (Å²) in [6, 6.07) is 0.0577. The van der Waals surface area contributed by atoms with Crippen molar-refractivity contribution >= 4 is 5.91 Å². The summed E-state index contributed by atoms with van der Waals surface area (Å²) in [4.78, 5) is 11.0. The number of carbonyl (C=O) groups excluding carboxylic acids is 1. The van der Waals surface area contributed by atoms with Crippen molar-refractivity contribution in [3.8, 4) is 0 Å². The number of carbonyl (C=O) groups is 1. The number of rotatable bonds is 5. The van der Waals surface area contributed by atoms with Crippen LogP contribution in [-0.4, -0.2) is 29.7 Å². The largest absolute Gasteiger partial charge is 0.392 e. The summed E-state index contributed by atoms with van der Waals surface area (Å²) in [5, 5.41) is 11.4. The first-order valence-corrected chi connectivity index (χ1v) is 4.22. The van der Waals surface area contributed by atoms with Gasteiger partial charge >= 0.3 is 0 Å². The molecule has 0 spiro atoms. The normalized spacial score (nSPS) is 15.3. The van der Waals surface area contributed by atoms with Gasteiger partial charge in [-0.3, -0.25) is 4.79 Å². The molecule has 0 fully saturated rings. The molecule has 0 saturated carbocycles. The molecule has 4 heteroatoms. The number of hydrogen-bond acceptors (Lipinski definition) is 3. The Bertz CT molecular complexity index is 121. The molecule has 0 radical (unpaired) electrons. The Morgan fingerprint density at radius 2 is 2.17 bits per heavy atom. The highest BCUT2D eigenvalue weighted by molar-refractivity contribution is 5.75. The van der Waals surface area contributed by atoms with Crippen molar-refractivity contribution in [1.29, 1.82) is 0 Å². The van der Waals surface area contributed by atoms with Crippen LogP contribution in [0.2, 0.25) is 0 Å². The third-order valence-electron chi connectivity index (χ3n) is 1.42. The van der Waals surface area contributed by atoms with E-state index in [0.29, 0.717) is 19.4 Å². The molecule has 0 heterocycles. The monoisotopic (exact) mass is 174 g/mol. The second-order valence-electron chi connectivity index (χ2n) is 3.17. The van der Waals surface area contributed by atoms with E-state index in [1.165, 1.54) is 0 Å². The first-order valence-electron chi connectivity index (χ1n) is 4.22. The van der Waals surface area contributed by atoms with E-state index < -0.39 is 6.10 Å². The van der Waals surface area contributed by atoms with Crippen LogP contribution in [0.1, 0.15) is 26.7 Å². The predicted octanol–water partition coefficient (Wildman–Crippen LogP) is -0.389. The maximum atomic E-state index is 11.0. The van der Waals surface area contributed by atoms with E-state index in [9.17, 15) is 4.79 Å². The van der Waals surface area contributed by atoms with E-state index in [2.05, 4.69) is 5.32 Å². The number of aliphatic hydroxyl groups is 1. The summed E-state index contributed by atoms with van der Waals surface area (Å²) in [5.74, 6) is -0.0480. The van der Waals surface area contributed by atoms with Gasteiger partial charge in [0.1, 0.15) is 0 Å². The van der Waals surface area contributed by atoms with Gasteiger partial charge in [-0.15, -0.1) is 0 Å². The lowest BCUT2D eigenvalue weighted by molar-refractivity contribution is -0.121. The Morgan fingerprint density at radius 3 is 2.58 bits per heavy atom. The molecule has 1 amide bonds. The van der Waals surface area contributed by atoms with Gasteiger partial charge in [-0.2, -0.15) is 0 Å². The molecule has 0 aromatic rings. The molecule has 12 heavy (non-hydrogen) atoms. The van der Waals surface area contributed by atoms with Crippen molar-refractivity contribution < 1.29 is 9.90 Å². The van der Waals surface area contributed by atoms with Crippen LogP contribution in [0.5, 0.6) is 0 Å². The van der Waals surface area contributed by atoms with Crippen molar-refractivity contribution in [3.05, 3.63) is 0 Å². The minimum absolute atomic E-state index is 0.0480. The second kappa shape index (κ2) is 5.97. The molecule has 0 aromatic heterocycles. The van der Waals surface area contributed by atoms with Gasteiger partial charge in [-0.25, -0.2) is 0 Å². The van der Waals surface area contributed by atoms with E-state index in [1.54, 1.807) is 6.92 Å². The van der Waals surface area contributed by atoms with E-state index >= 15 is 0 Å². The predicted molar refractivity (Wildman–Crippen MR) is 47.6 cm³/mol. The van der Waals surface area contributed by atoms with Gasteiger partial charge in [0.2, 0.25) is 5.91 Å². The maximum absolute atomic E-state index is 11.0. The van der Waals surface area contributed by atoms with E-state index in [1.807, 2.05) is 6.92 Å². The molecule has 2 unspecified atom stereocenters. The van der Waals surface area contributed by atoms with Crippen LogP contribution in [0.3, 0.4) is 0 Å². The minimum atomic E-state index is -0.482. The molecule has 0 aliphatic carbocycles. The van der Waals surface area contributed by atoms with Gasteiger partial charge in [-0.05, 0) is 20.3 Å². The zero-order valence-electron chi connectivity index (χ0n) is 7.71. The Balaban J connectivity index is 3.34. The minimum Gasteiger partial charge on any atom is -0.392 e. The topological polar surface area (TPSA) is 75.4 Å². The lowest BCUT2D eigenvalue weighted by Gasteiger charge is -2.07. The summed E-state index contributed by atoms with van der Waals surface area (Å²) >= 11 is 0. The quantitative estimate of drug-likeness (QED) is 0.531. The highest BCUT2D eigenvalue weighted by atomic mass is 16.3. The number of aliphatic hydroxyl groups excluding tert-OH is 1. The molecule has 4 nitrogen and oxygen atoms in total. The van der Waals surface area contributed by atoms with Crippen LogP contribution in [-0.2, 0) is 4.79 Å². The summed E-state index contributed by atoms with van der Waals surface area (Å²) < 4.78 is 0. The molecule has 2 atom stereocenters. The van der Waals surface area contributed by atoms with E-state index in [-0.39, 0.29) is 11.9 Å². The second-order valence-corrected chi connectivity index (χ2v) is 3.17. The Kier molecular flexibility index (Phi) is 5.66. The zero-order chi connectivity index (χ0) is 9.56. The van der Waals surface area contributed by atoms with Gasteiger partial charge in [0, 0.05) is 19.0 Å². The summed E-state index contributed by atoms with van der Waals surface area (Å²) in [5.41, 5.74) is 5.47. The fourth-order valence-corrected chi connectivity index (χ4v) is 0.709. The third kappa shape index (κ3) is 7.50. The molecular weight excluding hydrogens is 156 g/mol. The molecule has 0 aromatic carbocycles. The number of nitrogens with one attached hydrogen (secondary N) is 1. The van der Waals surface area contributed by atoms with Crippen LogP contribution in [0.4, 0.5) is 0 Å². The lowest BCUT2D eigenvalue weighted by atomic mass is 10.2. The van der Waals surface area contributed by atoms with E-state index in [4.69, 9.17) is 10.8 Å². The fourth-order valence-electron chi connectivity index (χ4n) is 0.709. The average Bonchev–Trinajstić information content (AvgIpc) is 1.96. The third-order valence-corrected chi connectivity index (χ3v) is 1.42. The molecule has 4 N–H and O–H groups in total. The molecular formula is C8H18N2O2. The Morgan fingerprint density at radius 1 is 1.58 bits per heavy atom. The Hall–Kier alpha value is -0.610. The van der Waals surface area contributed by atoms with Gasteiger partial charge in [0.15, 0.2) is 0 Å². The standard InChI is InChI=1S/C8H18N2O2/c1-6(9)3-4-8(12)10-5-7(2)11/h6-7,11H,3-5,9H2,1-2H3,(H,10,12). The van der Waals surface area contributed by atoms with Crippen molar-refractivity contribution in [3.63, 3.8) is 0 Å². The number of nitrogens with two attached hydrogens (primary N) is 1. The van der Waals surface area contributed by atoms with Gasteiger partial charge < -0.3 is 16.2 Å². The SMILES string of the molecule is CC(N)CCC(=O)NCC(C)O. The summed E-state index contributed by atoms with van der Waals surface area (Å²) in [7, 11) is 0. The van der Waals surface area contributed by atoms with Gasteiger partial charge in [0.05, 0.1) is 6.10 Å². The fraction of sp³-hybridized carbons (Fsp3) is 0.875. The highest BCUT2D eigenvalue weighted by Gasteiger charge is 2.03. The van der Waals surface area contributed by atoms with Crippen LogP contribution in [0.15, 0.2) is 0 Å². The van der Waals surface area contributed by atoms with Crippen molar-refractivity contribution in [2.24, 2.45) is 5.73 Å². The molecule has 0 aliphatic rings. The lowest BCUT2D eigenvalue weighted by Crippen LogP contribution is -2.31. The molecule has 0 bridgehead atoms. The van der Waals surface area contributed by atoms with Gasteiger partial charge in [-0.1, -0.05) is 0 Å². The highest BCUT2D eigenvalue weighted by Crippen LogP contribution is 1.92. The molecule has 72 valence electrons. The molecule has 0 rings (SSSR count). The zero-order valence-corrected chi connectivity index (χ0v) is 7.71. The maximum Gasteiger partial charge on any atom is 0.220 e. The van der Waals surface area contributed by atoms with Crippen molar-refractivity contribution in [2.45, 2.75) is 38.8 Å². The number of hydrogen-bond donors (Lipinski definition) is 3. The van der Waals surface area contributed by atoms with Gasteiger partial charge in [0.25, 0.3) is 0 Å². The first-order chi connectivity index (χ1) is 5.52. The summed E-state index contributed by atoms with van der Waals surface area (Å²) in [6.07, 6.45) is 0.639. The van der Waals surface area contributed by atoms with Crippen LogP contribution in [0.25, 0.3) is 0 Å². The Labute approximate surface area is 73.1 Å². The van der Waals surface area contributed by atoms with E-state index in [0.717, 1.165) is 0 Å². The smallest absolute Gasteiger partial charge is 0.220 e. The van der Waals surface area contributed by atoms with Crippen LogP contribution >= 0.6 is 0 Å². The molecule has 0 saturated heterocycles. The summed E-state index contributed by atoms with van der Waals surface area (Å²) in [6.45, 7) is 3.81. The number of amides is 1. The first kappa shape index (κ1) is 11.4. The van der Waals surface area contributed by atoms with Crippen LogP contribution < -0.4 is 11.1 Å². The molecule has 0 aliphatic heterocycles. The average molecular weight is 174 g/mol. The van der Waals surface area contributed by atoms with Crippen LogP contribution in [0, 0.1) is 0 Å².